The molecule has 12 heteroatoms. The van der Waals surface area contributed by atoms with E-state index in [0.717, 1.165) is 6.07 Å². The van der Waals surface area contributed by atoms with E-state index in [-0.39, 0.29) is 17.0 Å². The average molecular weight is 436 g/mol. The van der Waals surface area contributed by atoms with Gasteiger partial charge in [-0.25, -0.2) is 4.79 Å². The molecule has 0 aliphatic carbocycles. The lowest BCUT2D eigenvalue weighted by atomic mass is 10.1. The predicted octanol–water partition coefficient (Wildman–Crippen LogP) is 3.52. The Bertz CT molecular complexity index is 1250. The predicted molar refractivity (Wildman–Crippen MR) is 99.5 cm³/mol. The second kappa shape index (κ2) is 8.26. The lowest BCUT2D eigenvalue weighted by molar-refractivity contribution is -0.384. The van der Waals surface area contributed by atoms with Crippen LogP contribution in [0.25, 0.3) is 11.0 Å². The number of nitrogens with zero attached hydrogens (tertiary/aromatic N) is 1. The number of carbonyl (C=O) groups is 2. The Hall–Kier alpha value is -4.22. The van der Waals surface area contributed by atoms with Gasteiger partial charge >= 0.3 is 12.1 Å². The summed E-state index contributed by atoms with van der Waals surface area (Å²) in [6.45, 7) is -0.937. The molecular weight excluding hydrogens is 425 g/mol. The molecule has 0 bridgehead atoms. The quantitative estimate of drug-likeness (QED) is 0.368. The molecule has 0 spiro atoms. The molecule has 0 saturated carbocycles. The summed E-state index contributed by atoms with van der Waals surface area (Å²) in [5, 5.41) is 13.3. The van der Waals surface area contributed by atoms with Gasteiger partial charge in [0, 0.05) is 12.1 Å². The van der Waals surface area contributed by atoms with Crippen LogP contribution in [0, 0.1) is 10.1 Å². The average Bonchev–Trinajstić information content (AvgIpc) is 2.71. The number of carbonyl (C=O) groups excluding carboxylic acids is 2. The number of hydrogen-bond donors (Lipinski definition) is 1. The van der Waals surface area contributed by atoms with Gasteiger partial charge in [-0.3, -0.25) is 19.7 Å². The Balaban J connectivity index is 1.71. The van der Waals surface area contributed by atoms with Crippen LogP contribution in [0.2, 0.25) is 0 Å². The number of esters is 1. The van der Waals surface area contributed by atoms with E-state index in [1.54, 1.807) is 12.1 Å². The van der Waals surface area contributed by atoms with Crippen molar-refractivity contribution in [3.05, 3.63) is 80.2 Å². The molecule has 0 radical (unpaired) electrons. The molecule has 31 heavy (non-hydrogen) atoms. The summed E-state index contributed by atoms with van der Waals surface area (Å²) in [6.07, 6.45) is -4.81. The molecule has 0 aliphatic rings. The molecule has 0 fully saturated rings. The van der Waals surface area contributed by atoms with E-state index in [4.69, 9.17) is 9.15 Å². The van der Waals surface area contributed by atoms with Crippen LogP contribution in [0.15, 0.2) is 57.7 Å². The number of amides is 1. The third-order valence-electron chi connectivity index (χ3n) is 3.97. The maximum Gasteiger partial charge on any atom is 0.416 e. The van der Waals surface area contributed by atoms with E-state index in [9.17, 15) is 37.7 Å². The molecule has 1 aromatic heterocycles. The van der Waals surface area contributed by atoms with E-state index in [1.165, 1.54) is 12.1 Å². The van der Waals surface area contributed by atoms with E-state index >= 15 is 0 Å². The Labute approximate surface area is 170 Å². The van der Waals surface area contributed by atoms with Crippen LogP contribution in [0.1, 0.15) is 16.1 Å². The molecule has 2 aromatic carbocycles. The number of halogens is 3. The van der Waals surface area contributed by atoms with Crippen LogP contribution in [-0.4, -0.2) is 23.4 Å². The molecule has 0 atom stereocenters. The Morgan fingerprint density at radius 1 is 1.13 bits per heavy atom. The molecule has 3 rings (SSSR count). The summed E-state index contributed by atoms with van der Waals surface area (Å²) in [7, 11) is 0. The lowest BCUT2D eigenvalue weighted by Gasteiger charge is -2.10. The molecule has 3 aromatic rings. The van der Waals surface area contributed by atoms with Crippen molar-refractivity contribution in [2.24, 2.45) is 0 Å². The lowest BCUT2D eigenvalue weighted by Crippen LogP contribution is -2.22. The first-order valence-corrected chi connectivity index (χ1v) is 8.42. The van der Waals surface area contributed by atoms with Crippen molar-refractivity contribution < 1.29 is 36.8 Å². The third-order valence-corrected chi connectivity index (χ3v) is 3.97. The molecule has 9 nitrogen and oxygen atoms in total. The van der Waals surface area contributed by atoms with E-state index in [2.05, 4.69) is 0 Å². The standard InChI is InChI=1S/C19H11F3N2O7/c20-19(21,22)10-5-6-12(13(7-10)24(28)29)23-17(26)9-30-18(27)16-8-14(25)11-3-1-2-4-15(11)31-16/h1-8H,9H2,(H,23,26). The number of alkyl halides is 3. The van der Waals surface area contributed by atoms with Gasteiger partial charge in [-0.15, -0.1) is 0 Å². The van der Waals surface area contributed by atoms with Gasteiger partial charge < -0.3 is 14.5 Å². The van der Waals surface area contributed by atoms with E-state index in [1.807, 2.05) is 5.32 Å². The van der Waals surface area contributed by atoms with Crippen molar-refractivity contribution in [2.75, 3.05) is 11.9 Å². The van der Waals surface area contributed by atoms with E-state index < -0.39 is 57.7 Å². The Kier molecular flexibility index (Phi) is 5.72. The van der Waals surface area contributed by atoms with Gasteiger partial charge in [0.25, 0.3) is 11.6 Å². The summed E-state index contributed by atoms with van der Waals surface area (Å²) in [6, 6.07) is 8.52. The van der Waals surface area contributed by atoms with Gasteiger partial charge in [0.05, 0.1) is 15.9 Å². The maximum absolute atomic E-state index is 12.7. The SMILES string of the molecule is O=C(COC(=O)c1cc(=O)c2ccccc2o1)Nc1ccc(C(F)(F)F)cc1[N+](=O)[O-]. The Morgan fingerprint density at radius 3 is 2.52 bits per heavy atom. The van der Waals surface area contributed by atoms with E-state index in [0.29, 0.717) is 12.1 Å². The second-order valence-corrected chi connectivity index (χ2v) is 6.08. The minimum Gasteiger partial charge on any atom is -0.450 e. The number of nitrogens with one attached hydrogen (secondary N) is 1. The fraction of sp³-hybridized carbons (Fsp3) is 0.105. The third kappa shape index (κ3) is 4.86. The maximum atomic E-state index is 12.7. The summed E-state index contributed by atoms with van der Waals surface area (Å²) in [5.74, 6) is -2.68. The monoisotopic (exact) mass is 436 g/mol. The number of hydrogen-bond acceptors (Lipinski definition) is 7. The topological polar surface area (TPSA) is 129 Å². The molecule has 160 valence electrons. The molecule has 0 aliphatic heterocycles. The summed E-state index contributed by atoms with van der Waals surface area (Å²) in [5.41, 5.74) is -3.17. The number of nitro groups is 1. The number of ether oxygens (including phenoxy) is 1. The zero-order valence-electron chi connectivity index (χ0n) is 15.3. The first-order valence-electron chi connectivity index (χ1n) is 8.42. The van der Waals surface area contributed by atoms with Gasteiger partial charge in [-0.2, -0.15) is 13.2 Å². The van der Waals surface area contributed by atoms with Crippen LogP contribution in [0.5, 0.6) is 0 Å². The van der Waals surface area contributed by atoms with Crippen molar-refractivity contribution in [3.8, 4) is 0 Å². The highest BCUT2D eigenvalue weighted by Gasteiger charge is 2.33. The van der Waals surface area contributed by atoms with Crippen molar-refractivity contribution in [3.63, 3.8) is 0 Å². The van der Waals surface area contributed by atoms with Gasteiger partial charge in [-0.05, 0) is 24.3 Å². The second-order valence-electron chi connectivity index (χ2n) is 6.08. The number of benzene rings is 2. The zero-order valence-corrected chi connectivity index (χ0v) is 15.3. The Morgan fingerprint density at radius 2 is 1.84 bits per heavy atom. The van der Waals surface area contributed by atoms with Crippen molar-refractivity contribution in [2.45, 2.75) is 6.18 Å². The van der Waals surface area contributed by atoms with Crippen molar-refractivity contribution in [1.29, 1.82) is 0 Å². The van der Waals surface area contributed by atoms with Crippen molar-refractivity contribution in [1.82, 2.24) is 0 Å². The highest BCUT2D eigenvalue weighted by molar-refractivity contribution is 5.96. The molecule has 1 amide bonds. The number of para-hydroxylation sites is 1. The summed E-state index contributed by atoms with van der Waals surface area (Å²) < 4.78 is 48.1. The highest BCUT2D eigenvalue weighted by Crippen LogP contribution is 2.34. The highest BCUT2D eigenvalue weighted by atomic mass is 19.4. The van der Waals surface area contributed by atoms with Crippen LogP contribution in [0.3, 0.4) is 0 Å². The number of rotatable bonds is 5. The molecule has 1 N–H and O–H groups in total. The largest absolute Gasteiger partial charge is 0.450 e. The van der Waals surface area contributed by atoms with Crippen molar-refractivity contribution >= 4 is 34.2 Å². The number of nitro benzene ring substituents is 1. The molecule has 1 heterocycles. The molecule has 0 saturated heterocycles. The number of anilines is 1. The van der Waals surface area contributed by atoms with Crippen LogP contribution < -0.4 is 10.7 Å². The number of fused-ring (bicyclic) bond motifs is 1. The first-order chi connectivity index (χ1) is 14.6. The minimum absolute atomic E-state index is 0.117. The minimum atomic E-state index is -4.81. The van der Waals surface area contributed by atoms with Gasteiger partial charge in [-0.1, -0.05) is 12.1 Å². The summed E-state index contributed by atoms with van der Waals surface area (Å²) >= 11 is 0. The fourth-order valence-corrected chi connectivity index (χ4v) is 2.56. The van der Waals surface area contributed by atoms with Gasteiger partial charge in [0.2, 0.25) is 5.76 Å². The summed E-state index contributed by atoms with van der Waals surface area (Å²) in [4.78, 5) is 45.9. The van der Waals surface area contributed by atoms with Gasteiger partial charge in [0.15, 0.2) is 12.0 Å². The zero-order chi connectivity index (χ0) is 22.8. The van der Waals surface area contributed by atoms with Crippen LogP contribution in [0.4, 0.5) is 24.5 Å². The van der Waals surface area contributed by atoms with Crippen LogP contribution in [-0.2, 0) is 15.7 Å². The first kappa shape index (κ1) is 21.5. The normalized spacial score (nSPS) is 11.2. The molecular formula is C19H11F3N2O7. The van der Waals surface area contributed by atoms with Gasteiger partial charge in [0.1, 0.15) is 11.3 Å². The fourth-order valence-electron chi connectivity index (χ4n) is 2.56. The molecule has 0 unspecified atom stereocenters. The smallest absolute Gasteiger partial charge is 0.416 e. The van der Waals surface area contributed by atoms with Crippen LogP contribution >= 0.6 is 0 Å².